The summed E-state index contributed by atoms with van der Waals surface area (Å²) in [5.74, 6) is -1.54. The van der Waals surface area contributed by atoms with Gasteiger partial charge in [-0.1, -0.05) is 454 Å². The molecule has 6 heterocycles. The van der Waals surface area contributed by atoms with Crippen molar-refractivity contribution in [3.8, 4) is 0 Å². The first kappa shape index (κ1) is 121. The number of nitrogens with zero attached hydrogens (tertiary/aromatic N) is 7. The quantitative estimate of drug-likeness (QED) is 0.0311. The second-order valence-electron chi connectivity index (χ2n) is 31.6. The van der Waals surface area contributed by atoms with Gasteiger partial charge in [-0.3, -0.25) is 43.6 Å². The van der Waals surface area contributed by atoms with E-state index in [1.165, 1.54) is 58.6 Å². The molecule has 732 valence electrons. The Kier molecular flexibility index (Phi) is 63.9. The number of alkyl halides is 3. The average molecular weight is 2550 g/mol. The van der Waals surface area contributed by atoms with Crippen LogP contribution in [0, 0.1) is 30.6 Å². The molecule has 135 heavy (non-hydrogen) atoms. The predicted molar refractivity (Wildman–Crippen MR) is 606 cm³/mol. The molecule has 10 aromatic rings. The third-order valence-electron chi connectivity index (χ3n) is 22.4. The van der Waals surface area contributed by atoms with E-state index in [-0.39, 0.29) is 95.3 Å². The minimum absolute atomic E-state index is 0.0354. The van der Waals surface area contributed by atoms with Gasteiger partial charge in [-0.15, -0.1) is 0 Å². The Hall–Kier alpha value is -6.22. The van der Waals surface area contributed by atoms with Crippen molar-refractivity contribution in [2.45, 2.75) is 169 Å². The fourth-order valence-electron chi connectivity index (χ4n) is 16.8. The second kappa shape index (κ2) is 71.3. The number of aliphatic carboxylic acids is 1. The van der Waals surface area contributed by atoms with Gasteiger partial charge < -0.3 is 21.5 Å². The monoisotopic (exact) mass is 2550 g/mol. The van der Waals surface area contributed by atoms with E-state index in [0.29, 0.717) is 32.5 Å². The Morgan fingerprint density at radius 3 is 0.800 bits per heavy atom. The van der Waals surface area contributed by atoms with Crippen LogP contribution in [0.3, 0.4) is 0 Å². The normalized spacial score (nSPS) is 19.4. The molecular formula is C111H145I6N7O10V-. The topological polar surface area (TPSA) is 173 Å². The van der Waals surface area contributed by atoms with Crippen molar-refractivity contribution >= 4 is 164 Å². The summed E-state index contributed by atoms with van der Waals surface area (Å²) in [6.45, 7) is 39.1. The molecule has 0 aromatic heterocycles. The number of cyclic esters (lactones) is 2. The van der Waals surface area contributed by atoms with Crippen LogP contribution in [0.1, 0.15) is 169 Å². The standard InChI is InChI=1S/2C28H28N2O3.C20H24N2O2.C18H19NO2.C3H7I.2C2H5I.4C2H6.C2H5.3HI.V/c2*31-27(30-24(20-33-28(30)32)16-21-10-4-1-5-11-21)26-19-29(17-22-12-6-2-7-13-22)18-25(26)23-14-8-3-9-15-23;1-21(24-2)20(23)19-15-22(13-16-9-5-3-6-10-16)14-18(19)17-11-7-4-8-12-17;20-18(21)17-13-19(11-14-7-3-1-4-8-14)12-16(17)15-9-5-2-6-10-15;1-3(2)4;2*1-2-3;5*1-2;;;;/h2*1-15,24-26H,16-20H2;3-12,18-19H,13-15H2,1-2H3;1-10,16-17H,11-13H2,(H,20,21);3H,1-2H3;2*2H2,1H3;4*1-2H3;1H2,2H3;3*1H;/q;;;;;;;;;;;-1;;;;+3/p-3/t24-,25?,26-;24-,25-,26+;18-,19+;16-,17+;;;;;;;;;;;;/m0010............/s1. The van der Waals surface area contributed by atoms with Gasteiger partial charge in [0.2, 0.25) is 11.8 Å². The van der Waals surface area contributed by atoms with Gasteiger partial charge >= 0.3 is 83.0 Å². The molecule has 1 unspecified atom stereocenters. The first-order valence-electron chi connectivity index (χ1n) is 47.2. The van der Waals surface area contributed by atoms with Crippen molar-refractivity contribution in [3.05, 3.63) is 366 Å². The summed E-state index contributed by atoms with van der Waals surface area (Å²) in [6, 6.07) is 101. The van der Waals surface area contributed by atoms with Crippen molar-refractivity contribution < 1.29 is 53.1 Å². The van der Waals surface area contributed by atoms with E-state index in [1.807, 2.05) is 262 Å². The summed E-state index contributed by atoms with van der Waals surface area (Å²) >= 11 is 14.3. The van der Waals surface area contributed by atoms with Gasteiger partial charge in [0.05, 0.1) is 42.9 Å². The Labute approximate surface area is 888 Å². The van der Waals surface area contributed by atoms with E-state index in [2.05, 4.69) is 279 Å². The van der Waals surface area contributed by atoms with Crippen LogP contribution in [-0.4, -0.2) is 180 Å². The fraction of sp³-hybridized carbons (Fsp3) is 0.396. The Morgan fingerprint density at radius 1 is 0.385 bits per heavy atom. The molecular weight excluding hydrogens is 2400 g/mol. The number of carboxylic acids is 1. The molecule has 5 amide bonds. The summed E-state index contributed by atoms with van der Waals surface area (Å²) in [6.07, 6.45) is 0.173. The van der Waals surface area contributed by atoms with Gasteiger partial charge in [0.1, 0.15) is 13.2 Å². The number of ether oxygens (including phenoxy) is 2. The average Bonchev–Trinajstić information content (AvgIpc) is 1.65. The predicted octanol–water partition coefficient (Wildman–Crippen LogP) is 27.2. The van der Waals surface area contributed by atoms with Crippen molar-refractivity contribution in [3.63, 3.8) is 0 Å². The summed E-state index contributed by atoms with van der Waals surface area (Å²) in [5.41, 5.74) is 11.8. The number of carbonyl (C=O) groups excluding carboxylic acids is 5. The van der Waals surface area contributed by atoms with Crippen LogP contribution in [0.5, 0.6) is 0 Å². The number of benzene rings is 10. The van der Waals surface area contributed by atoms with Crippen molar-refractivity contribution in [2.75, 3.05) is 88.6 Å². The van der Waals surface area contributed by atoms with Crippen molar-refractivity contribution in [1.29, 1.82) is 0 Å². The van der Waals surface area contributed by atoms with Crippen LogP contribution < -0.4 is 0 Å². The van der Waals surface area contributed by atoms with Crippen LogP contribution in [0.2, 0.25) is 0 Å². The number of hydrogen-bond acceptors (Lipinski definition) is 13. The maximum absolute atomic E-state index is 13.8. The molecule has 0 radical (unpaired) electrons. The molecule has 6 aliphatic rings. The molecule has 6 fully saturated rings. The molecule has 0 bridgehead atoms. The van der Waals surface area contributed by atoms with Gasteiger partial charge in [0, 0.05) is 113 Å². The van der Waals surface area contributed by atoms with Crippen LogP contribution in [0.4, 0.5) is 9.59 Å². The number of amides is 5. The summed E-state index contributed by atoms with van der Waals surface area (Å²) in [7, 11) is 3.22. The van der Waals surface area contributed by atoms with E-state index in [9.17, 15) is 33.9 Å². The van der Waals surface area contributed by atoms with E-state index in [1.54, 1.807) is 14.0 Å². The molecule has 0 spiro atoms. The van der Waals surface area contributed by atoms with Crippen molar-refractivity contribution in [2.24, 2.45) is 23.7 Å². The Balaban J connectivity index is 0.000000352. The van der Waals surface area contributed by atoms with Gasteiger partial charge in [0.25, 0.3) is 5.91 Å². The zero-order chi connectivity index (χ0) is 99.4. The first-order valence-corrected chi connectivity index (χ1v) is 65.0. The number of carbonyl (C=O) groups is 6. The molecule has 10 atom stereocenters. The summed E-state index contributed by atoms with van der Waals surface area (Å²) < 4.78 is 13.9. The molecule has 1 N–H and O–H groups in total. The number of halogens is 6. The molecule has 0 saturated carbocycles. The SMILES string of the molecule is CC.CC.CC.CC.CC(C)I.CCI.CCI.CON(C)C(=O)[C@H]1CN(Cc2ccccc2)C[C@@H]1c1ccccc1.O=C(O)[C@@H]1CN(Cc2ccccc2)C[C@H]1c1ccccc1.O=C1OC[C@H](Cc2ccccc2)N1C(=O)[C@@H]1CN(Cc2ccccc2)C[C@H]1c1ccccc1.O=C1OC[C@H](Cc2ccccc2)N1C(=O)[C@H]1CN(Cc2ccccc2)CC1c1ccccc1.[CH2-]C.[I][V]([I])[I]. The van der Waals surface area contributed by atoms with Crippen LogP contribution in [-0.2, 0) is 77.4 Å². The molecule has 16 rings (SSSR count). The van der Waals surface area contributed by atoms with Gasteiger partial charge in [-0.05, 0) is 77.3 Å². The van der Waals surface area contributed by atoms with Crippen LogP contribution in [0.15, 0.2) is 303 Å². The first-order chi connectivity index (χ1) is 65.6. The Bertz CT molecular complexity index is 4590. The molecule has 24 heteroatoms. The maximum atomic E-state index is 13.8. The number of likely N-dealkylation sites (tertiary alicyclic amines) is 4. The number of hydrogen-bond donors (Lipinski definition) is 1. The molecule has 0 aliphatic carbocycles. The zero-order valence-electron chi connectivity index (χ0n) is 81.6. The number of carboxylic acid groups (broad SMARTS) is 1. The second-order valence-corrected chi connectivity index (χ2v) is 72.5. The van der Waals surface area contributed by atoms with Crippen LogP contribution in [0.25, 0.3) is 0 Å². The number of rotatable bonds is 21. The van der Waals surface area contributed by atoms with E-state index >= 15 is 0 Å². The Morgan fingerprint density at radius 2 is 0.578 bits per heavy atom. The van der Waals surface area contributed by atoms with Gasteiger partial charge in [0.15, 0.2) is 0 Å². The molecule has 10 aromatic carbocycles. The van der Waals surface area contributed by atoms with E-state index < -0.39 is 18.2 Å². The molecule has 6 saturated heterocycles. The minimum atomic E-state index is -0.695. The third kappa shape index (κ3) is 42.6. The van der Waals surface area contributed by atoms with Gasteiger partial charge in [-0.2, -0.15) is 6.92 Å². The fourth-order valence-corrected chi connectivity index (χ4v) is 16.8. The zero-order valence-corrected chi connectivity index (χ0v) is 96.0. The molecule has 6 aliphatic heterocycles. The van der Waals surface area contributed by atoms with E-state index in [0.717, 1.165) is 90.6 Å². The van der Waals surface area contributed by atoms with Crippen LogP contribution >= 0.6 is 128 Å². The third-order valence-corrected chi connectivity index (χ3v) is 22.4. The molecule has 17 nitrogen and oxygen atoms in total. The van der Waals surface area contributed by atoms with Gasteiger partial charge in [-0.25, -0.2) is 24.5 Å². The summed E-state index contributed by atoms with van der Waals surface area (Å²) in [5, 5.41) is 10.9. The van der Waals surface area contributed by atoms with E-state index in [4.69, 9.17) is 14.3 Å². The number of hydroxylamine groups is 2. The van der Waals surface area contributed by atoms with Crippen molar-refractivity contribution in [1.82, 2.24) is 34.5 Å². The number of imide groups is 2. The summed E-state index contributed by atoms with van der Waals surface area (Å²) in [4.78, 5) is 94.2.